The van der Waals surface area contributed by atoms with Gasteiger partial charge in [-0.15, -0.1) is 0 Å². The molecule has 6 nitrogen and oxygen atoms in total. The molecule has 0 aliphatic carbocycles. The van der Waals surface area contributed by atoms with Crippen LogP contribution in [0.15, 0.2) is 53.5 Å². The van der Waals surface area contributed by atoms with E-state index < -0.39 is 0 Å². The number of hydrogen-bond acceptors (Lipinski definition) is 3. The number of rotatable bonds is 6. The Morgan fingerprint density at radius 3 is 2.32 bits per heavy atom. The first-order valence-corrected chi connectivity index (χ1v) is 8.04. The molecule has 0 atom stereocenters. The van der Waals surface area contributed by atoms with Gasteiger partial charge in [-0.05, 0) is 35.4 Å². The lowest BCUT2D eigenvalue weighted by molar-refractivity contribution is 0.0963. The van der Waals surface area contributed by atoms with Crippen LogP contribution >= 0.6 is 0 Å². The molecule has 0 heterocycles. The van der Waals surface area contributed by atoms with Crippen molar-refractivity contribution < 1.29 is 9.53 Å². The van der Waals surface area contributed by atoms with Crippen molar-refractivity contribution in [1.29, 1.82) is 0 Å². The smallest absolute Gasteiger partial charge is 0.251 e. The molecule has 3 N–H and O–H groups in total. The third-order valence-electron chi connectivity index (χ3n) is 3.72. The summed E-state index contributed by atoms with van der Waals surface area (Å²) in [4.78, 5) is 15.8. The van der Waals surface area contributed by atoms with Crippen molar-refractivity contribution >= 4 is 11.9 Å². The highest BCUT2D eigenvalue weighted by Gasteiger charge is 2.03. The predicted octanol–water partition coefficient (Wildman–Crippen LogP) is 1.92. The molecule has 132 valence electrons. The molecular formula is C19H24N4O2. The number of ether oxygens (including phenoxy) is 1. The standard InChI is InChI=1S/C19H24N4O2/c1-20-18(24)16-9-7-14(8-10-16)12-22-19(21-2)23-13-15-5-4-6-17(11-15)25-3/h4-11H,12-13H2,1-3H3,(H,20,24)(H2,21,22,23). The van der Waals surface area contributed by atoms with Crippen LogP contribution in [0.25, 0.3) is 0 Å². The summed E-state index contributed by atoms with van der Waals surface area (Å²) in [6.45, 7) is 1.26. The lowest BCUT2D eigenvalue weighted by Crippen LogP contribution is -2.36. The van der Waals surface area contributed by atoms with E-state index in [1.807, 2.05) is 48.5 Å². The Bertz CT molecular complexity index is 726. The fourth-order valence-electron chi connectivity index (χ4n) is 2.29. The second kappa shape index (κ2) is 9.32. The van der Waals surface area contributed by atoms with E-state index in [9.17, 15) is 4.79 Å². The lowest BCUT2D eigenvalue weighted by atomic mass is 10.1. The minimum Gasteiger partial charge on any atom is -0.497 e. The Morgan fingerprint density at radius 2 is 1.72 bits per heavy atom. The van der Waals surface area contributed by atoms with E-state index in [1.165, 1.54) is 0 Å². The molecule has 25 heavy (non-hydrogen) atoms. The van der Waals surface area contributed by atoms with E-state index >= 15 is 0 Å². The molecule has 1 amide bonds. The van der Waals surface area contributed by atoms with Gasteiger partial charge < -0.3 is 20.7 Å². The number of amides is 1. The van der Waals surface area contributed by atoms with Crippen molar-refractivity contribution in [2.45, 2.75) is 13.1 Å². The quantitative estimate of drug-likeness (QED) is 0.555. The van der Waals surface area contributed by atoms with Gasteiger partial charge in [0.2, 0.25) is 0 Å². The van der Waals surface area contributed by atoms with E-state index in [0.29, 0.717) is 24.6 Å². The Hall–Kier alpha value is -3.02. The van der Waals surface area contributed by atoms with E-state index in [0.717, 1.165) is 16.9 Å². The minimum absolute atomic E-state index is 0.0877. The van der Waals surface area contributed by atoms with Crippen LogP contribution in [-0.2, 0) is 13.1 Å². The van der Waals surface area contributed by atoms with E-state index in [2.05, 4.69) is 20.9 Å². The largest absolute Gasteiger partial charge is 0.497 e. The van der Waals surface area contributed by atoms with Gasteiger partial charge in [-0.3, -0.25) is 9.79 Å². The molecule has 0 aliphatic rings. The normalized spacial score (nSPS) is 10.9. The van der Waals surface area contributed by atoms with Gasteiger partial charge in [0.05, 0.1) is 7.11 Å². The Morgan fingerprint density at radius 1 is 1.04 bits per heavy atom. The fourth-order valence-corrected chi connectivity index (χ4v) is 2.29. The first kappa shape index (κ1) is 18.3. The summed E-state index contributed by atoms with van der Waals surface area (Å²) in [6.07, 6.45) is 0. The van der Waals surface area contributed by atoms with Crippen LogP contribution in [0, 0.1) is 0 Å². The summed E-state index contributed by atoms with van der Waals surface area (Å²) in [7, 11) is 5.01. The second-order valence-corrected chi connectivity index (χ2v) is 5.41. The highest BCUT2D eigenvalue weighted by Crippen LogP contribution is 2.12. The number of carbonyl (C=O) groups is 1. The zero-order valence-electron chi connectivity index (χ0n) is 14.8. The third-order valence-corrected chi connectivity index (χ3v) is 3.72. The zero-order valence-corrected chi connectivity index (χ0v) is 14.8. The molecule has 0 bridgehead atoms. The van der Waals surface area contributed by atoms with Gasteiger partial charge in [0.25, 0.3) is 5.91 Å². The number of aliphatic imine (C=N–C) groups is 1. The molecule has 2 aromatic rings. The number of benzene rings is 2. The highest BCUT2D eigenvalue weighted by molar-refractivity contribution is 5.93. The maximum absolute atomic E-state index is 11.5. The van der Waals surface area contributed by atoms with E-state index in [1.54, 1.807) is 21.2 Å². The van der Waals surface area contributed by atoms with Crippen LogP contribution in [0.3, 0.4) is 0 Å². The van der Waals surface area contributed by atoms with Crippen molar-refractivity contribution in [2.24, 2.45) is 4.99 Å². The highest BCUT2D eigenvalue weighted by atomic mass is 16.5. The van der Waals surface area contributed by atoms with Crippen LogP contribution in [0.4, 0.5) is 0 Å². The van der Waals surface area contributed by atoms with Gasteiger partial charge in [0.1, 0.15) is 5.75 Å². The molecular weight excluding hydrogens is 316 g/mol. The molecule has 0 saturated heterocycles. The number of hydrogen-bond donors (Lipinski definition) is 3. The summed E-state index contributed by atoms with van der Waals surface area (Å²) in [5.41, 5.74) is 2.82. The Kier molecular flexibility index (Phi) is 6.83. The molecule has 0 radical (unpaired) electrons. The maximum atomic E-state index is 11.5. The van der Waals surface area contributed by atoms with Gasteiger partial charge in [0, 0.05) is 32.7 Å². The summed E-state index contributed by atoms with van der Waals surface area (Å²) in [5, 5.41) is 9.13. The Labute approximate surface area is 148 Å². The van der Waals surface area contributed by atoms with Crippen LogP contribution < -0.4 is 20.7 Å². The van der Waals surface area contributed by atoms with Gasteiger partial charge in [-0.1, -0.05) is 24.3 Å². The summed E-state index contributed by atoms with van der Waals surface area (Å²) in [5.74, 6) is 1.45. The number of nitrogens with one attached hydrogen (secondary N) is 3. The topological polar surface area (TPSA) is 74.8 Å². The fraction of sp³-hybridized carbons (Fsp3) is 0.263. The molecule has 0 fully saturated rings. The minimum atomic E-state index is -0.0877. The summed E-state index contributed by atoms with van der Waals surface area (Å²) < 4.78 is 5.23. The van der Waals surface area contributed by atoms with Gasteiger partial charge in [-0.2, -0.15) is 0 Å². The zero-order chi connectivity index (χ0) is 18.1. The first-order chi connectivity index (χ1) is 12.2. The van der Waals surface area contributed by atoms with E-state index in [4.69, 9.17) is 4.74 Å². The number of carbonyl (C=O) groups excluding carboxylic acids is 1. The average Bonchev–Trinajstić information content (AvgIpc) is 2.68. The van der Waals surface area contributed by atoms with Gasteiger partial charge >= 0.3 is 0 Å². The van der Waals surface area contributed by atoms with Gasteiger partial charge in [0.15, 0.2) is 5.96 Å². The van der Waals surface area contributed by atoms with Crippen LogP contribution in [0.5, 0.6) is 5.75 Å². The van der Waals surface area contributed by atoms with Crippen LogP contribution in [0.1, 0.15) is 21.5 Å². The molecule has 0 aromatic heterocycles. The van der Waals surface area contributed by atoms with E-state index in [-0.39, 0.29) is 5.91 Å². The Balaban J connectivity index is 1.86. The molecule has 2 aromatic carbocycles. The summed E-state index contributed by atoms with van der Waals surface area (Å²) in [6, 6.07) is 15.3. The van der Waals surface area contributed by atoms with Crippen LogP contribution in [0.2, 0.25) is 0 Å². The number of nitrogens with zero attached hydrogens (tertiary/aromatic N) is 1. The van der Waals surface area contributed by atoms with Crippen molar-refractivity contribution in [3.63, 3.8) is 0 Å². The monoisotopic (exact) mass is 340 g/mol. The lowest BCUT2D eigenvalue weighted by Gasteiger charge is -2.12. The van der Waals surface area contributed by atoms with Crippen molar-refractivity contribution in [3.05, 3.63) is 65.2 Å². The van der Waals surface area contributed by atoms with Crippen LogP contribution in [-0.4, -0.2) is 33.1 Å². The third kappa shape index (κ3) is 5.53. The predicted molar refractivity (Wildman–Crippen MR) is 99.9 cm³/mol. The molecule has 0 unspecified atom stereocenters. The molecule has 2 rings (SSSR count). The van der Waals surface area contributed by atoms with Gasteiger partial charge in [-0.25, -0.2) is 0 Å². The molecule has 0 aliphatic heterocycles. The SMILES string of the molecule is CN=C(NCc1ccc(C(=O)NC)cc1)NCc1cccc(OC)c1. The second-order valence-electron chi connectivity index (χ2n) is 5.41. The molecule has 0 saturated carbocycles. The molecule has 0 spiro atoms. The van der Waals surface area contributed by atoms with Crippen molar-refractivity contribution in [2.75, 3.05) is 21.2 Å². The van der Waals surface area contributed by atoms with Crippen molar-refractivity contribution in [3.8, 4) is 5.75 Å². The van der Waals surface area contributed by atoms with Crippen molar-refractivity contribution in [1.82, 2.24) is 16.0 Å². The first-order valence-electron chi connectivity index (χ1n) is 8.04. The number of methoxy groups -OCH3 is 1. The maximum Gasteiger partial charge on any atom is 0.251 e. The molecule has 6 heteroatoms. The number of guanidine groups is 1. The summed E-state index contributed by atoms with van der Waals surface area (Å²) >= 11 is 0. The average molecular weight is 340 g/mol.